The van der Waals surface area contributed by atoms with Crippen LogP contribution in [0.1, 0.15) is 168 Å². The normalized spacial score (nSPS) is 10.3. The first kappa shape index (κ1) is 34.2. The van der Waals surface area contributed by atoms with Gasteiger partial charge in [0.05, 0.1) is 0 Å². The van der Waals surface area contributed by atoms with Crippen LogP contribution in [0, 0.1) is 13.8 Å². The van der Waals surface area contributed by atoms with Gasteiger partial charge >= 0.3 is 19.5 Å². The van der Waals surface area contributed by atoms with Crippen molar-refractivity contribution in [1.29, 1.82) is 0 Å². The van der Waals surface area contributed by atoms with Crippen molar-refractivity contribution < 1.29 is 19.5 Å². The van der Waals surface area contributed by atoms with Crippen LogP contribution in [0.2, 0.25) is 0 Å². The molecule has 0 unspecified atom stereocenters. The zero-order valence-electron chi connectivity index (χ0n) is 20.7. The Hall–Kier alpha value is 0.623. The van der Waals surface area contributed by atoms with Crippen LogP contribution < -0.4 is 0 Å². The van der Waals surface area contributed by atoms with E-state index in [0.29, 0.717) is 0 Å². The number of unbranched alkanes of at least 4 members (excludes halogenated alkanes) is 22. The predicted octanol–water partition coefficient (Wildman–Crippen LogP) is 11.0. The zero-order chi connectivity index (χ0) is 21.0. The van der Waals surface area contributed by atoms with Gasteiger partial charge in [0.1, 0.15) is 0 Å². The van der Waals surface area contributed by atoms with Crippen LogP contribution in [0.15, 0.2) is 0 Å². The minimum absolute atomic E-state index is 0. The quantitative estimate of drug-likeness (QED) is 0.0795. The summed E-state index contributed by atoms with van der Waals surface area (Å²) in [5, 5.41) is 0. The maximum atomic E-state index is 3.86. The molecule has 0 aliphatic heterocycles. The Kier molecular flexibility index (Phi) is 42.5. The molecule has 0 heterocycles. The van der Waals surface area contributed by atoms with E-state index in [0.717, 1.165) is 12.8 Å². The summed E-state index contributed by atoms with van der Waals surface area (Å²) in [7, 11) is 0. The van der Waals surface area contributed by atoms with E-state index in [2.05, 4.69) is 27.7 Å². The first-order chi connectivity index (χ1) is 13.8. The molecule has 0 aliphatic carbocycles. The molecule has 0 nitrogen and oxygen atoms in total. The molecule has 0 aromatic carbocycles. The van der Waals surface area contributed by atoms with E-state index in [1.165, 1.54) is 141 Å². The Balaban J connectivity index is -0.000000451. The van der Waals surface area contributed by atoms with Gasteiger partial charge in [0.15, 0.2) is 0 Å². The van der Waals surface area contributed by atoms with Gasteiger partial charge in [0.25, 0.3) is 0 Å². The van der Waals surface area contributed by atoms with Crippen LogP contribution in [0.3, 0.4) is 0 Å². The summed E-state index contributed by atoms with van der Waals surface area (Å²) in [4.78, 5) is 0. The van der Waals surface area contributed by atoms with Crippen molar-refractivity contribution in [3.8, 4) is 0 Å². The van der Waals surface area contributed by atoms with E-state index in [9.17, 15) is 0 Å². The van der Waals surface area contributed by atoms with Crippen molar-refractivity contribution in [2.75, 3.05) is 0 Å². The predicted molar refractivity (Wildman–Crippen MR) is 133 cm³/mol. The van der Waals surface area contributed by atoms with Gasteiger partial charge < -0.3 is 13.8 Å². The minimum Gasteiger partial charge on any atom is -0.343 e. The van der Waals surface area contributed by atoms with E-state index in [1.54, 1.807) is 0 Å². The van der Waals surface area contributed by atoms with Gasteiger partial charge in [0.2, 0.25) is 0 Å². The summed E-state index contributed by atoms with van der Waals surface area (Å²) >= 11 is 0. The maximum absolute atomic E-state index is 3.86. The van der Waals surface area contributed by atoms with Crippen LogP contribution in [0.5, 0.6) is 0 Å². The molecule has 0 saturated heterocycles. The zero-order valence-corrected chi connectivity index (χ0v) is 22.5. The fourth-order valence-electron chi connectivity index (χ4n) is 3.68. The number of hydrogen-bond acceptors (Lipinski definition) is 0. The standard InChI is InChI=1S/2C14H29.Ru/c2*1-3-5-7-9-11-13-14-12-10-8-6-4-2;/h2*1,3-14H2,2H3;/q2*-1;+2. The van der Waals surface area contributed by atoms with Gasteiger partial charge in [-0.15, -0.1) is 0 Å². The fraction of sp³-hybridized carbons (Fsp3) is 0.929. The molecule has 0 amide bonds. The third kappa shape index (κ3) is 39.6. The minimum atomic E-state index is 0. The summed E-state index contributed by atoms with van der Waals surface area (Å²) in [5.41, 5.74) is 0. The first-order valence-corrected chi connectivity index (χ1v) is 13.4. The molecule has 0 rings (SSSR count). The van der Waals surface area contributed by atoms with Gasteiger partial charge in [-0.25, -0.2) is 0 Å². The second-order valence-corrected chi connectivity index (χ2v) is 8.78. The Labute approximate surface area is 200 Å². The van der Waals surface area contributed by atoms with Crippen molar-refractivity contribution in [2.45, 2.75) is 168 Å². The molecule has 0 aromatic heterocycles. The Morgan fingerprint density at radius 2 is 0.483 bits per heavy atom. The topological polar surface area (TPSA) is 0 Å². The van der Waals surface area contributed by atoms with Gasteiger partial charge in [0, 0.05) is 0 Å². The third-order valence-electron chi connectivity index (χ3n) is 5.71. The molecular weight excluding hydrogens is 437 g/mol. The molecule has 0 aliphatic rings. The third-order valence-corrected chi connectivity index (χ3v) is 5.71. The second kappa shape index (κ2) is 36.0. The second-order valence-electron chi connectivity index (χ2n) is 8.78. The Bertz CT molecular complexity index is 178. The molecule has 1 heteroatoms. The van der Waals surface area contributed by atoms with Crippen LogP contribution in [0.25, 0.3) is 0 Å². The molecular formula is C28H58Ru. The van der Waals surface area contributed by atoms with Gasteiger partial charge in [-0.3, -0.25) is 0 Å². The molecule has 178 valence electrons. The van der Waals surface area contributed by atoms with Crippen LogP contribution in [-0.2, 0) is 19.5 Å². The Morgan fingerprint density at radius 1 is 0.310 bits per heavy atom. The molecule has 29 heavy (non-hydrogen) atoms. The van der Waals surface area contributed by atoms with E-state index in [4.69, 9.17) is 0 Å². The van der Waals surface area contributed by atoms with Gasteiger partial charge in [-0.2, -0.15) is 12.8 Å². The SMILES string of the molecule is [CH2-]CCCCCCCCCCCCC.[CH2-]CCCCCCCCCCCCC.[Ru+2]. The fourth-order valence-corrected chi connectivity index (χ4v) is 3.68. The van der Waals surface area contributed by atoms with Crippen LogP contribution in [0.4, 0.5) is 0 Å². The van der Waals surface area contributed by atoms with Crippen molar-refractivity contribution in [1.82, 2.24) is 0 Å². The smallest absolute Gasteiger partial charge is 0.343 e. The molecule has 0 saturated carbocycles. The molecule has 0 bridgehead atoms. The summed E-state index contributed by atoms with van der Waals surface area (Å²) in [6.07, 6.45) is 33.7. The number of rotatable bonds is 22. The Morgan fingerprint density at radius 3 is 0.655 bits per heavy atom. The van der Waals surface area contributed by atoms with E-state index in [1.807, 2.05) is 0 Å². The molecule has 0 radical (unpaired) electrons. The van der Waals surface area contributed by atoms with Crippen molar-refractivity contribution in [3.63, 3.8) is 0 Å². The van der Waals surface area contributed by atoms with Crippen molar-refractivity contribution in [2.24, 2.45) is 0 Å². The average Bonchev–Trinajstić information content (AvgIpc) is 2.71. The number of hydrogen-bond donors (Lipinski definition) is 0. The van der Waals surface area contributed by atoms with Crippen LogP contribution in [-0.4, -0.2) is 0 Å². The maximum Gasteiger partial charge on any atom is 2.00 e. The molecule has 0 fully saturated rings. The van der Waals surface area contributed by atoms with Gasteiger partial charge in [-0.1, -0.05) is 155 Å². The van der Waals surface area contributed by atoms with Gasteiger partial charge in [-0.05, 0) is 0 Å². The summed E-state index contributed by atoms with van der Waals surface area (Å²) in [6.45, 7) is 12.3. The molecule has 0 spiro atoms. The van der Waals surface area contributed by atoms with E-state index in [-0.39, 0.29) is 19.5 Å². The molecule has 0 atom stereocenters. The van der Waals surface area contributed by atoms with Crippen molar-refractivity contribution >= 4 is 0 Å². The monoisotopic (exact) mass is 496 g/mol. The largest absolute Gasteiger partial charge is 2.00 e. The first-order valence-electron chi connectivity index (χ1n) is 13.4. The molecule has 0 aromatic rings. The van der Waals surface area contributed by atoms with Crippen LogP contribution >= 0.6 is 0 Å². The van der Waals surface area contributed by atoms with E-state index >= 15 is 0 Å². The molecule has 0 N–H and O–H groups in total. The average molecular weight is 496 g/mol. The summed E-state index contributed by atoms with van der Waals surface area (Å²) in [6, 6.07) is 0. The summed E-state index contributed by atoms with van der Waals surface area (Å²) < 4.78 is 0. The summed E-state index contributed by atoms with van der Waals surface area (Å²) in [5.74, 6) is 0. The van der Waals surface area contributed by atoms with Crippen molar-refractivity contribution in [3.05, 3.63) is 13.8 Å². The van der Waals surface area contributed by atoms with E-state index < -0.39 is 0 Å².